The van der Waals surface area contributed by atoms with Crippen LogP contribution in [0.15, 0.2) is 41.3 Å². The highest BCUT2D eigenvalue weighted by Crippen LogP contribution is 2.21. The summed E-state index contributed by atoms with van der Waals surface area (Å²) >= 11 is 0. The Morgan fingerprint density at radius 3 is 2.77 bits per heavy atom. The number of nitrogens with one attached hydrogen (secondary N) is 1. The molecule has 0 unspecified atom stereocenters. The molecule has 3 rings (SSSR count). The van der Waals surface area contributed by atoms with E-state index in [1.165, 1.54) is 10.7 Å². The number of hydrogen-bond donors (Lipinski definition) is 1. The van der Waals surface area contributed by atoms with Gasteiger partial charge in [-0.3, -0.25) is 9.89 Å². The van der Waals surface area contributed by atoms with Gasteiger partial charge in [-0.1, -0.05) is 36.3 Å². The zero-order valence-corrected chi connectivity index (χ0v) is 11.9. The van der Waals surface area contributed by atoms with Gasteiger partial charge in [0.2, 0.25) is 0 Å². The molecule has 106 valence electrons. The monoisotopic (exact) mass is 288 g/mol. The molecule has 0 bridgehead atoms. The van der Waals surface area contributed by atoms with E-state index in [0.717, 1.165) is 5.56 Å². The Bertz CT molecular complexity index is 995. The molecule has 0 aliphatic carbocycles. The fraction of sp³-hybridized carbons (Fsp3) is 0.118. The smallest absolute Gasteiger partial charge is 0.277 e. The van der Waals surface area contributed by atoms with E-state index in [1.807, 2.05) is 36.4 Å². The molecular weight excluding hydrogens is 276 g/mol. The lowest BCUT2D eigenvalue weighted by Gasteiger charge is -2.07. The first-order valence-electron chi connectivity index (χ1n) is 6.74. The van der Waals surface area contributed by atoms with Crippen LogP contribution in [0.5, 0.6) is 0 Å². The first-order valence-corrected chi connectivity index (χ1v) is 6.74. The molecule has 0 spiro atoms. The van der Waals surface area contributed by atoms with Crippen molar-refractivity contribution in [2.75, 3.05) is 0 Å². The normalized spacial score (nSPS) is 10.0. The van der Waals surface area contributed by atoms with Crippen LogP contribution in [0.2, 0.25) is 0 Å². The number of hydrogen-bond acceptors (Lipinski definition) is 3. The molecule has 0 fully saturated rings. The Kier molecular flexibility index (Phi) is 3.47. The molecule has 3 aromatic rings. The summed E-state index contributed by atoms with van der Waals surface area (Å²) in [5.74, 6) is 5.72. The molecular formula is C17H12N4O. The molecule has 0 atom stereocenters. The van der Waals surface area contributed by atoms with Gasteiger partial charge in [0.1, 0.15) is 11.6 Å². The third-order valence-electron chi connectivity index (χ3n) is 3.37. The van der Waals surface area contributed by atoms with Crippen molar-refractivity contribution in [1.29, 1.82) is 5.26 Å². The van der Waals surface area contributed by atoms with Crippen molar-refractivity contribution < 1.29 is 0 Å². The largest absolute Gasteiger partial charge is 0.295 e. The molecule has 0 aliphatic rings. The van der Waals surface area contributed by atoms with E-state index in [9.17, 15) is 4.79 Å². The van der Waals surface area contributed by atoms with Crippen LogP contribution in [0.25, 0.3) is 16.9 Å². The summed E-state index contributed by atoms with van der Waals surface area (Å²) in [7, 11) is 0. The molecule has 0 amide bonds. The topological polar surface area (TPSA) is 73.9 Å². The van der Waals surface area contributed by atoms with Crippen molar-refractivity contribution in [2.24, 2.45) is 0 Å². The lowest BCUT2D eigenvalue weighted by Crippen LogP contribution is -2.21. The van der Waals surface area contributed by atoms with Crippen LogP contribution in [0.4, 0.5) is 0 Å². The second kappa shape index (κ2) is 5.59. The Morgan fingerprint density at radius 2 is 2.09 bits per heavy atom. The van der Waals surface area contributed by atoms with Gasteiger partial charge in [-0.15, -0.1) is 5.92 Å². The number of benzene rings is 1. The molecule has 0 radical (unpaired) electrons. The molecule has 22 heavy (non-hydrogen) atoms. The first kappa shape index (κ1) is 13.7. The number of nitriles is 1. The van der Waals surface area contributed by atoms with Crippen LogP contribution >= 0.6 is 0 Å². The van der Waals surface area contributed by atoms with Crippen LogP contribution in [-0.4, -0.2) is 14.6 Å². The molecule has 0 saturated heterocycles. The molecule has 5 heteroatoms. The van der Waals surface area contributed by atoms with E-state index in [2.05, 4.69) is 21.9 Å². The zero-order valence-electron chi connectivity index (χ0n) is 11.9. The van der Waals surface area contributed by atoms with E-state index in [0.29, 0.717) is 28.9 Å². The summed E-state index contributed by atoms with van der Waals surface area (Å²) in [4.78, 5) is 17.2. The number of H-pyrrole nitrogens is 1. The molecule has 1 N–H and O–H groups in total. The Morgan fingerprint density at radius 1 is 1.32 bits per heavy atom. The van der Waals surface area contributed by atoms with Crippen LogP contribution in [0.1, 0.15) is 18.1 Å². The van der Waals surface area contributed by atoms with Gasteiger partial charge in [0.05, 0.1) is 11.3 Å². The van der Waals surface area contributed by atoms with Gasteiger partial charge in [-0.2, -0.15) is 9.78 Å². The van der Waals surface area contributed by atoms with Crippen molar-refractivity contribution in [3.8, 4) is 29.2 Å². The van der Waals surface area contributed by atoms with Gasteiger partial charge in [0.15, 0.2) is 5.65 Å². The lowest BCUT2D eigenvalue weighted by atomic mass is 10.0. The summed E-state index contributed by atoms with van der Waals surface area (Å²) in [5.41, 5.74) is 2.36. The average Bonchev–Trinajstić information content (AvgIpc) is 2.98. The first-order chi connectivity index (χ1) is 10.8. The Hall–Kier alpha value is -3.31. The van der Waals surface area contributed by atoms with Gasteiger partial charge in [-0.25, -0.2) is 4.98 Å². The van der Waals surface area contributed by atoms with Crippen LogP contribution in [-0.2, 0) is 6.42 Å². The fourth-order valence-corrected chi connectivity index (χ4v) is 2.30. The second-order valence-corrected chi connectivity index (χ2v) is 4.67. The fourth-order valence-electron chi connectivity index (χ4n) is 2.30. The zero-order chi connectivity index (χ0) is 15.5. The third kappa shape index (κ3) is 2.15. The van der Waals surface area contributed by atoms with Crippen LogP contribution in [0, 0.1) is 23.2 Å². The van der Waals surface area contributed by atoms with Crippen molar-refractivity contribution in [3.05, 3.63) is 58.0 Å². The van der Waals surface area contributed by atoms with E-state index >= 15 is 0 Å². The van der Waals surface area contributed by atoms with Crippen molar-refractivity contribution in [2.45, 2.75) is 13.3 Å². The molecule has 5 nitrogen and oxygen atoms in total. The molecule has 2 aromatic heterocycles. The number of aromatic nitrogens is 3. The number of aromatic amines is 1. The summed E-state index contributed by atoms with van der Waals surface area (Å²) in [6.07, 6.45) is 1.80. The lowest BCUT2D eigenvalue weighted by molar-refractivity contribution is 0.881. The van der Waals surface area contributed by atoms with E-state index in [4.69, 9.17) is 5.26 Å². The summed E-state index contributed by atoms with van der Waals surface area (Å²) < 4.78 is 1.29. The standard InChI is InChI=1S/C17H12N4O/c1-2-3-9-14-15(12-7-5-4-6-8-12)20-16-13(10-18)11-19-21(16)17(14)22/h4-8,11,19H,9H2,1H3. The SMILES string of the molecule is CC#CCc1c(-c2ccccc2)nc2c(C#N)c[nH]n2c1=O. The number of nitrogens with zero attached hydrogens (tertiary/aromatic N) is 3. The Labute approximate surface area is 126 Å². The van der Waals surface area contributed by atoms with Crippen molar-refractivity contribution >= 4 is 5.65 Å². The van der Waals surface area contributed by atoms with Crippen molar-refractivity contribution in [1.82, 2.24) is 14.6 Å². The highest BCUT2D eigenvalue weighted by molar-refractivity contribution is 5.67. The van der Waals surface area contributed by atoms with E-state index in [1.54, 1.807) is 6.92 Å². The second-order valence-electron chi connectivity index (χ2n) is 4.67. The van der Waals surface area contributed by atoms with Crippen molar-refractivity contribution in [3.63, 3.8) is 0 Å². The van der Waals surface area contributed by atoms with E-state index < -0.39 is 0 Å². The quantitative estimate of drug-likeness (QED) is 0.734. The maximum atomic E-state index is 12.7. The van der Waals surface area contributed by atoms with Gasteiger partial charge in [-0.05, 0) is 6.92 Å². The minimum atomic E-state index is -0.229. The summed E-state index contributed by atoms with van der Waals surface area (Å²) in [6.45, 7) is 1.73. The molecule has 1 aromatic carbocycles. The van der Waals surface area contributed by atoms with Gasteiger partial charge < -0.3 is 0 Å². The third-order valence-corrected chi connectivity index (χ3v) is 3.37. The van der Waals surface area contributed by atoms with Gasteiger partial charge in [0.25, 0.3) is 5.56 Å². The maximum absolute atomic E-state index is 12.7. The van der Waals surface area contributed by atoms with Gasteiger partial charge >= 0.3 is 0 Å². The number of fused-ring (bicyclic) bond motifs is 1. The predicted octanol–water partition coefficient (Wildman–Crippen LogP) is 2.13. The number of rotatable bonds is 2. The van der Waals surface area contributed by atoms with Gasteiger partial charge in [0, 0.05) is 18.2 Å². The highest BCUT2D eigenvalue weighted by atomic mass is 16.1. The maximum Gasteiger partial charge on any atom is 0.277 e. The summed E-state index contributed by atoms with van der Waals surface area (Å²) in [5, 5.41) is 11.9. The molecule has 0 aliphatic heterocycles. The Balaban J connectivity index is 2.38. The van der Waals surface area contributed by atoms with E-state index in [-0.39, 0.29) is 5.56 Å². The minimum Gasteiger partial charge on any atom is -0.295 e. The highest BCUT2D eigenvalue weighted by Gasteiger charge is 2.16. The molecule has 0 saturated carbocycles. The minimum absolute atomic E-state index is 0.229. The molecule has 2 heterocycles. The average molecular weight is 288 g/mol. The van der Waals surface area contributed by atoms with Crippen LogP contribution in [0.3, 0.4) is 0 Å². The van der Waals surface area contributed by atoms with Crippen LogP contribution < -0.4 is 5.56 Å². The summed E-state index contributed by atoms with van der Waals surface area (Å²) in [6, 6.07) is 11.5. The predicted molar refractivity (Wildman–Crippen MR) is 83.1 cm³/mol.